The van der Waals surface area contributed by atoms with Crippen LogP contribution in [0.3, 0.4) is 0 Å². The molecule has 0 saturated heterocycles. The standard InChI is InChI=1S/C7H11N2/c1-4-9-6-5-8-7(9,2)3/h4-6H,1H2,2-3H3/q+1. The Morgan fingerprint density at radius 1 is 1.67 bits per heavy atom. The highest BCUT2D eigenvalue weighted by molar-refractivity contribution is 6.14. The maximum absolute atomic E-state index is 4.19. The van der Waals surface area contributed by atoms with Crippen molar-refractivity contribution in [2.75, 3.05) is 0 Å². The van der Waals surface area contributed by atoms with E-state index in [9.17, 15) is 0 Å². The molecule has 2 heteroatoms. The molecule has 0 amide bonds. The van der Waals surface area contributed by atoms with E-state index in [4.69, 9.17) is 0 Å². The lowest BCUT2D eigenvalue weighted by Crippen LogP contribution is -2.26. The highest BCUT2D eigenvalue weighted by Crippen LogP contribution is 2.12. The smallest absolute Gasteiger partial charge is 0.217 e. The van der Waals surface area contributed by atoms with E-state index in [1.54, 1.807) is 12.4 Å². The van der Waals surface area contributed by atoms with Crippen molar-refractivity contribution >= 4 is 12.4 Å². The second-order valence-corrected chi connectivity index (χ2v) is 2.51. The monoisotopic (exact) mass is 123 g/mol. The number of rotatable bonds is 1. The van der Waals surface area contributed by atoms with Crippen molar-refractivity contribution in [3.63, 3.8) is 0 Å². The minimum Gasteiger partial charge on any atom is -0.217 e. The van der Waals surface area contributed by atoms with E-state index in [-0.39, 0.29) is 5.66 Å². The summed E-state index contributed by atoms with van der Waals surface area (Å²) in [6.45, 7) is 7.73. The van der Waals surface area contributed by atoms with Gasteiger partial charge in [0.2, 0.25) is 0 Å². The van der Waals surface area contributed by atoms with Gasteiger partial charge in [-0.15, -0.1) is 0 Å². The molecule has 48 valence electrons. The molecule has 1 rings (SSSR count). The largest absolute Gasteiger partial charge is 0.254 e. The van der Waals surface area contributed by atoms with Crippen molar-refractivity contribution in [3.8, 4) is 0 Å². The zero-order chi connectivity index (χ0) is 6.91. The molecule has 0 bridgehead atoms. The Morgan fingerprint density at radius 2 is 2.33 bits per heavy atom. The summed E-state index contributed by atoms with van der Waals surface area (Å²) in [5, 5.41) is 0. The number of hydrogen-bond acceptors (Lipinski definition) is 1. The van der Waals surface area contributed by atoms with Crippen LogP contribution in [-0.4, -0.2) is 22.7 Å². The minimum atomic E-state index is -0.109. The van der Waals surface area contributed by atoms with E-state index in [0.29, 0.717) is 0 Å². The SMILES string of the molecule is C=C[N+]1=CC=NC1(C)C. The molecule has 1 heterocycles. The van der Waals surface area contributed by atoms with Gasteiger partial charge >= 0.3 is 0 Å². The number of hydrogen-bond donors (Lipinski definition) is 0. The molecular formula is C7H11N2+. The Labute approximate surface area is 55.2 Å². The third kappa shape index (κ3) is 0.922. The Kier molecular flexibility index (Phi) is 1.24. The van der Waals surface area contributed by atoms with Gasteiger partial charge in [0.05, 0.1) is 6.21 Å². The summed E-state index contributed by atoms with van der Waals surface area (Å²) in [7, 11) is 0. The summed E-state index contributed by atoms with van der Waals surface area (Å²) in [6, 6.07) is 0. The van der Waals surface area contributed by atoms with Gasteiger partial charge in [0.15, 0.2) is 12.4 Å². The minimum absolute atomic E-state index is 0.109. The molecule has 0 aliphatic carbocycles. The van der Waals surface area contributed by atoms with E-state index >= 15 is 0 Å². The quantitative estimate of drug-likeness (QED) is 0.463. The van der Waals surface area contributed by atoms with Gasteiger partial charge < -0.3 is 0 Å². The van der Waals surface area contributed by atoms with Crippen LogP contribution in [0.15, 0.2) is 17.8 Å². The molecule has 0 radical (unpaired) electrons. The van der Waals surface area contributed by atoms with Crippen molar-refractivity contribution in [1.29, 1.82) is 0 Å². The first-order valence-corrected chi connectivity index (χ1v) is 2.96. The van der Waals surface area contributed by atoms with Gasteiger partial charge in [0.1, 0.15) is 0 Å². The maximum atomic E-state index is 4.19. The van der Waals surface area contributed by atoms with Crippen LogP contribution in [0, 0.1) is 0 Å². The van der Waals surface area contributed by atoms with E-state index in [0.717, 1.165) is 0 Å². The molecule has 9 heavy (non-hydrogen) atoms. The number of nitrogens with zero attached hydrogens (tertiary/aromatic N) is 2. The Hall–Kier alpha value is -0.920. The molecular weight excluding hydrogens is 112 g/mol. The normalized spacial score (nSPS) is 21.8. The highest BCUT2D eigenvalue weighted by Gasteiger charge is 2.29. The fraction of sp³-hybridized carbons (Fsp3) is 0.429. The van der Waals surface area contributed by atoms with Crippen LogP contribution in [0.1, 0.15) is 13.8 Å². The van der Waals surface area contributed by atoms with Crippen LogP contribution >= 0.6 is 0 Å². The van der Waals surface area contributed by atoms with Crippen LogP contribution in [0.25, 0.3) is 0 Å². The Bertz CT molecular complexity index is 187. The second-order valence-electron chi connectivity index (χ2n) is 2.51. The summed E-state index contributed by atoms with van der Waals surface area (Å²) < 4.78 is 1.97. The molecule has 0 atom stereocenters. The van der Waals surface area contributed by atoms with Gasteiger partial charge in [-0.1, -0.05) is 0 Å². The summed E-state index contributed by atoms with van der Waals surface area (Å²) in [5.74, 6) is 0. The zero-order valence-electron chi connectivity index (χ0n) is 5.83. The summed E-state index contributed by atoms with van der Waals surface area (Å²) in [4.78, 5) is 4.19. The molecule has 0 unspecified atom stereocenters. The molecule has 0 aromatic heterocycles. The van der Waals surface area contributed by atoms with Crippen molar-refractivity contribution in [2.24, 2.45) is 4.99 Å². The Balaban J connectivity index is 2.91. The van der Waals surface area contributed by atoms with E-state index in [1.807, 2.05) is 24.6 Å². The van der Waals surface area contributed by atoms with Gasteiger partial charge in [-0.2, -0.15) is 4.58 Å². The van der Waals surface area contributed by atoms with Crippen LogP contribution in [0.5, 0.6) is 0 Å². The fourth-order valence-corrected chi connectivity index (χ4v) is 0.821. The van der Waals surface area contributed by atoms with Gasteiger partial charge in [-0.3, -0.25) is 0 Å². The van der Waals surface area contributed by atoms with E-state index in [1.165, 1.54) is 0 Å². The molecule has 2 nitrogen and oxygen atoms in total. The molecule has 0 N–H and O–H groups in total. The van der Waals surface area contributed by atoms with E-state index < -0.39 is 0 Å². The van der Waals surface area contributed by atoms with Crippen molar-refractivity contribution < 1.29 is 4.58 Å². The third-order valence-corrected chi connectivity index (χ3v) is 1.45. The van der Waals surface area contributed by atoms with Gasteiger partial charge in [-0.25, -0.2) is 4.99 Å². The first kappa shape index (κ1) is 6.20. The predicted molar refractivity (Wildman–Crippen MR) is 39.1 cm³/mol. The lowest BCUT2D eigenvalue weighted by molar-refractivity contribution is -0.527. The van der Waals surface area contributed by atoms with Crippen LogP contribution in [0.4, 0.5) is 0 Å². The predicted octanol–water partition coefficient (Wildman–Crippen LogP) is 1.03. The summed E-state index contributed by atoms with van der Waals surface area (Å²) in [5.41, 5.74) is -0.109. The first-order chi connectivity index (χ1) is 4.17. The highest BCUT2D eigenvalue weighted by atomic mass is 15.2. The van der Waals surface area contributed by atoms with Gasteiger partial charge in [0, 0.05) is 13.8 Å². The van der Waals surface area contributed by atoms with Crippen molar-refractivity contribution in [2.45, 2.75) is 19.5 Å². The molecule has 0 aromatic rings. The zero-order valence-corrected chi connectivity index (χ0v) is 5.83. The average Bonchev–Trinajstić information content (AvgIpc) is 2.08. The summed E-state index contributed by atoms with van der Waals surface area (Å²) in [6.07, 6.45) is 5.47. The summed E-state index contributed by atoms with van der Waals surface area (Å²) >= 11 is 0. The molecule has 0 saturated carbocycles. The van der Waals surface area contributed by atoms with Gasteiger partial charge in [-0.05, 0) is 6.58 Å². The molecule has 1 aliphatic rings. The number of aliphatic imine (C=N–C) groups is 1. The maximum Gasteiger partial charge on any atom is 0.254 e. The second kappa shape index (κ2) is 1.79. The average molecular weight is 123 g/mol. The van der Waals surface area contributed by atoms with Gasteiger partial charge in [0.25, 0.3) is 5.66 Å². The van der Waals surface area contributed by atoms with Crippen LogP contribution < -0.4 is 0 Å². The molecule has 0 aromatic carbocycles. The molecule has 1 aliphatic heterocycles. The fourth-order valence-electron chi connectivity index (χ4n) is 0.821. The lowest BCUT2D eigenvalue weighted by Gasteiger charge is -2.08. The van der Waals surface area contributed by atoms with Crippen LogP contribution in [-0.2, 0) is 0 Å². The van der Waals surface area contributed by atoms with Crippen molar-refractivity contribution in [3.05, 3.63) is 12.8 Å². The lowest BCUT2D eigenvalue weighted by atomic mass is 10.3. The molecule has 0 fully saturated rings. The van der Waals surface area contributed by atoms with E-state index in [2.05, 4.69) is 11.6 Å². The van der Waals surface area contributed by atoms with Crippen LogP contribution in [0.2, 0.25) is 0 Å². The first-order valence-electron chi connectivity index (χ1n) is 2.96. The topological polar surface area (TPSA) is 15.4 Å². The molecule has 0 spiro atoms. The van der Waals surface area contributed by atoms with Crippen molar-refractivity contribution in [1.82, 2.24) is 0 Å². The Morgan fingerprint density at radius 3 is 2.56 bits per heavy atom. The third-order valence-electron chi connectivity index (χ3n) is 1.45.